The first-order chi connectivity index (χ1) is 9.83. The summed E-state index contributed by atoms with van der Waals surface area (Å²) in [7, 11) is 0. The Hall–Kier alpha value is -0.830. The summed E-state index contributed by atoms with van der Waals surface area (Å²) < 4.78 is 2.15. The third-order valence-electron chi connectivity index (χ3n) is 3.90. The highest BCUT2D eigenvalue weighted by atomic mass is 16.3. The largest absolute Gasteiger partial charge is 0.393 e. The summed E-state index contributed by atoms with van der Waals surface area (Å²) in [6.07, 6.45) is 19.0. The van der Waals surface area contributed by atoms with Gasteiger partial charge in [0.15, 0.2) is 0 Å². The quantitative estimate of drug-likeness (QED) is 0.538. The van der Waals surface area contributed by atoms with Crippen molar-refractivity contribution in [3.8, 4) is 0 Å². The molecule has 3 heteroatoms. The van der Waals surface area contributed by atoms with E-state index in [9.17, 15) is 5.11 Å². The Kier molecular flexibility index (Phi) is 10.3. The van der Waals surface area contributed by atoms with E-state index in [0.717, 1.165) is 19.4 Å². The molecule has 1 rings (SSSR count). The molecule has 1 heterocycles. The number of aliphatic hydroxyl groups excluding tert-OH is 1. The highest BCUT2D eigenvalue weighted by Gasteiger charge is 2.03. The van der Waals surface area contributed by atoms with E-state index < -0.39 is 0 Å². The van der Waals surface area contributed by atoms with Crippen molar-refractivity contribution in [2.45, 2.75) is 90.2 Å². The van der Waals surface area contributed by atoms with Gasteiger partial charge in [0.2, 0.25) is 0 Å². The predicted molar refractivity (Wildman–Crippen MR) is 84.7 cm³/mol. The molecule has 0 bridgehead atoms. The average Bonchev–Trinajstić information content (AvgIpc) is 2.95. The van der Waals surface area contributed by atoms with Crippen LogP contribution < -0.4 is 0 Å². The minimum atomic E-state index is -0.0530. The Morgan fingerprint density at radius 3 is 2.25 bits per heavy atom. The molecule has 20 heavy (non-hydrogen) atoms. The van der Waals surface area contributed by atoms with Gasteiger partial charge >= 0.3 is 0 Å². The van der Waals surface area contributed by atoms with Gasteiger partial charge in [-0.05, 0) is 19.3 Å². The number of rotatable bonds is 13. The second-order valence-corrected chi connectivity index (χ2v) is 5.86. The van der Waals surface area contributed by atoms with E-state index in [1.165, 1.54) is 57.8 Å². The molecule has 0 aliphatic heterocycles. The molecule has 0 fully saturated rings. The molecule has 1 aromatic heterocycles. The van der Waals surface area contributed by atoms with Crippen LogP contribution in [0.4, 0.5) is 0 Å². The van der Waals surface area contributed by atoms with Gasteiger partial charge in [0.05, 0.1) is 12.4 Å². The van der Waals surface area contributed by atoms with E-state index in [-0.39, 0.29) is 6.10 Å². The minimum Gasteiger partial charge on any atom is -0.393 e. The molecule has 116 valence electrons. The number of unbranched alkanes of at least 4 members (excludes halogenated alkanes) is 7. The summed E-state index contributed by atoms with van der Waals surface area (Å²) in [6, 6.07) is 0. The zero-order valence-electron chi connectivity index (χ0n) is 13.1. The van der Waals surface area contributed by atoms with Crippen molar-refractivity contribution in [3.05, 3.63) is 18.7 Å². The number of nitrogens with zero attached hydrogens (tertiary/aromatic N) is 2. The molecule has 0 saturated heterocycles. The first-order valence-electron chi connectivity index (χ1n) is 8.46. The molecule has 1 atom stereocenters. The third kappa shape index (κ3) is 9.13. The molecule has 0 aliphatic rings. The molecular weight excluding hydrogens is 248 g/mol. The van der Waals surface area contributed by atoms with Gasteiger partial charge in [0.1, 0.15) is 0 Å². The second-order valence-electron chi connectivity index (χ2n) is 5.86. The lowest BCUT2D eigenvalue weighted by molar-refractivity contribution is 0.147. The molecule has 0 amide bonds. The smallest absolute Gasteiger partial charge is 0.0945 e. The number of hydrogen-bond donors (Lipinski definition) is 1. The van der Waals surface area contributed by atoms with Crippen molar-refractivity contribution in [1.29, 1.82) is 0 Å². The number of imidazole rings is 1. The van der Waals surface area contributed by atoms with E-state index in [1.807, 2.05) is 18.7 Å². The van der Waals surface area contributed by atoms with E-state index in [2.05, 4.69) is 16.5 Å². The van der Waals surface area contributed by atoms with Crippen molar-refractivity contribution in [2.24, 2.45) is 0 Å². The number of aliphatic hydroxyl groups is 1. The van der Waals surface area contributed by atoms with Crippen molar-refractivity contribution in [2.75, 3.05) is 0 Å². The van der Waals surface area contributed by atoms with Gasteiger partial charge in [-0.2, -0.15) is 0 Å². The Morgan fingerprint density at radius 1 is 0.950 bits per heavy atom. The Morgan fingerprint density at radius 2 is 1.60 bits per heavy atom. The first-order valence-corrected chi connectivity index (χ1v) is 8.46. The summed E-state index contributed by atoms with van der Waals surface area (Å²) in [5.41, 5.74) is 0. The maximum atomic E-state index is 9.81. The summed E-state index contributed by atoms with van der Waals surface area (Å²) in [5.74, 6) is 0. The molecule has 0 aromatic carbocycles. The van der Waals surface area contributed by atoms with Crippen LogP contribution in [0.5, 0.6) is 0 Å². The number of hydrogen-bond acceptors (Lipinski definition) is 2. The van der Waals surface area contributed by atoms with Crippen LogP contribution in [0.2, 0.25) is 0 Å². The van der Waals surface area contributed by atoms with Crippen LogP contribution in [0.1, 0.15) is 77.6 Å². The van der Waals surface area contributed by atoms with Crippen molar-refractivity contribution in [1.82, 2.24) is 9.55 Å². The van der Waals surface area contributed by atoms with Gasteiger partial charge in [0, 0.05) is 18.9 Å². The predicted octanol–water partition coefficient (Wildman–Crippen LogP) is 4.56. The fourth-order valence-electron chi connectivity index (χ4n) is 2.57. The molecule has 1 N–H and O–H groups in total. The minimum absolute atomic E-state index is 0.0530. The topological polar surface area (TPSA) is 38.0 Å². The van der Waals surface area contributed by atoms with Crippen LogP contribution >= 0.6 is 0 Å². The summed E-state index contributed by atoms with van der Waals surface area (Å²) in [6.45, 7) is 3.30. The summed E-state index contributed by atoms with van der Waals surface area (Å²) in [5, 5.41) is 9.81. The first kappa shape index (κ1) is 17.2. The Bertz CT molecular complexity index is 298. The Balaban J connectivity index is 1.80. The molecule has 0 spiro atoms. The number of aryl methyl sites for hydroxylation is 1. The van der Waals surface area contributed by atoms with Gasteiger partial charge in [0.25, 0.3) is 0 Å². The average molecular weight is 280 g/mol. The van der Waals surface area contributed by atoms with Gasteiger partial charge in [-0.1, -0.05) is 58.3 Å². The van der Waals surface area contributed by atoms with Crippen LogP contribution in [0.15, 0.2) is 18.7 Å². The second kappa shape index (κ2) is 12.0. The fraction of sp³-hybridized carbons (Fsp3) is 0.824. The van der Waals surface area contributed by atoms with Crippen molar-refractivity contribution >= 4 is 0 Å². The lowest BCUT2D eigenvalue weighted by Gasteiger charge is -2.09. The molecule has 1 aromatic rings. The molecule has 0 saturated carbocycles. The number of aromatic nitrogens is 2. The van der Waals surface area contributed by atoms with Gasteiger partial charge in [-0.25, -0.2) is 4.98 Å². The van der Waals surface area contributed by atoms with Crippen molar-refractivity contribution < 1.29 is 5.11 Å². The van der Waals surface area contributed by atoms with Crippen molar-refractivity contribution in [3.63, 3.8) is 0 Å². The van der Waals surface area contributed by atoms with E-state index >= 15 is 0 Å². The molecule has 1 unspecified atom stereocenters. The van der Waals surface area contributed by atoms with E-state index in [0.29, 0.717) is 0 Å². The van der Waals surface area contributed by atoms with E-state index in [4.69, 9.17) is 0 Å². The lowest BCUT2D eigenvalue weighted by atomic mass is 10.0. The molecular formula is C17H32N2O. The highest BCUT2D eigenvalue weighted by molar-refractivity contribution is 4.73. The lowest BCUT2D eigenvalue weighted by Crippen LogP contribution is -2.05. The van der Waals surface area contributed by atoms with Gasteiger partial charge < -0.3 is 9.67 Å². The highest BCUT2D eigenvalue weighted by Crippen LogP contribution is 2.12. The molecule has 0 radical (unpaired) electrons. The standard InChI is InChI=1S/C17H32N2O/c1-2-3-8-11-17(20)12-9-6-4-5-7-10-14-19-15-13-18-16-19/h13,15-17,20H,2-12,14H2,1H3. The monoisotopic (exact) mass is 280 g/mol. The zero-order chi connectivity index (χ0) is 14.5. The maximum Gasteiger partial charge on any atom is 0.0945 e. The SMILES string of the molecule is CCCCCC(O)CCCCCCCCn1ccnc1. The fourth-order valence-corrected chi connectivity index (χ4v) is 2.57. The maximum absolute atomic E-state index is 9.81. The van der Waals surface area contributed by atoms with Gasteiger partial charge in [-0.3, -0.25) is 0 Å². The molecule has 0 aliphatic carbocycles. The van der Waals surface area contributed by atoms with Crippen LogP contribution in [-0.4, -0.2) is 20.8 Å². The van der Waals surface area contributed by atoms with Crippen LogP contribution in [0, 0.1) is 0 Å². The van der Waals surface area contributed by atoms with Gasteiger partial charge in [-0.15, -0.1) is 0 Å². The molecule has 3 nitrogen and oxygen atoms in total. The zero-order valence-corrected chi connectivity index (χ0v) is 13.1. The normalized spacial score (nSPS) is 12.7. The third-order valence-corrected chi connectivity index (χ3v) is 3.90. The summed E-state index contributed by atoms with van der Waals surface area (Å²) >= 11 is 0. The van der Waals surface area contributed by atoms with Crippen LogP contribution in [0.25, 0.3) is 0 Å². The van der Waals surface area contributed by atoms with Crippen LogP contribution in [-0.2, 0) is 6.54 Å². The van der Waals surface area contributed by atoms with Crippen LogP contribution in [0.3, 0.4) is 0 Å². The van der Waals surface area contributed by atoms with E-state index in [1.54, 1.807) is 0 Å². The summed E-state index contributed by atoms with van der Waals surface area (Å²) in [4.78, 5) is 4.04. The Labute approximate surface area is 124 Å².